The number of nitrogens with zero attached hydrogens (tertiary/aromatic N) is 1. The van der Waals surface area contributed by atoms with Crippen LogP contribution in [0.1, 0.15) is 30.1 Å². The zero-order valence-electron chi connectivity index (χ0n) is 12.0. The summed E-state index contributed by atoms with van der Waals surface area (Å²) in [7, 11) is 0. The van der Waals surface area contributed by atoms with Gasteiger partial charge in [-0.25, -0.2) is 0 Å². The van der Waals surface area contributed by atoms with Gasteiger partial charge in [0.1, 0.15) is 12.3 Å². The number of halogens is 3. The number of carbonyl (C=O) groups is 2. The van der Waals surface area contributed by atoms with Crippen molar-refractivity contribution < 1.29 is 27.2 Å². The lowest BCUT2D eigenvalue weighted by molar-refractivity contribution is -0.188. The van der Waals surface area contributed by atoms with Crippen LogP contribution in [0, 0.1) is 5.92 Å². The Morgan fingerprint density at radius 3 is 2.77 bits per heavy atom. The second kappa shape index (κ2) is 6.41. The van der Waals surface area contributed by atoms with Crippen LogP contribution < -0.4 is 5.32 Å². The van der Waals surface area contributed by atoms with E-state index in [0.29, 0.717) is 6.42 Å². The molecule has 0 saturated carbocycles. The number of piperidine rings is 1. The highest BCUT2D eigenvalue weighted by Gasteiger charge is 2.43. The molecular formula is C14H17F3N2O3. The maximum absolute atomic E-state index is 12.8. The largest absolute Gasteiger partial charge is 0.472 e. The molecule has 2 heterocycles. The van der Waals surface area contributed by atoms with Gasteiger partial charge in [0, 0.05) is 13.1 Å². The lowest BCUT2D eigenvalue weighted by Crippen LogP contribution is -2.51. The molecule has 0 aromatic carbocycles. The van der Waals surface area contributed by atoms with Crippen LogP contribution in [0.5, 0.6) is 0 Å². The summed E-state index contributed by atoms with van der Waals surface area (Å²) < 4.78 is 43.0. The van der Waals surface area contributed by atoms with E-state index in [2.05, 4.69) is 5.32 Å². The van der Waals surface area contributed by atoms with Gasteiger partial charge in [0.2, 0.25) is 5.91 Å². The Labute approximate surface area is 125 Å². The van der Waals surface area contributed by atoms with E-state index in [-0.39, 0.29) is 25.1 Å². The van der Waals surface area contributed by atoms with Crippen LogP contribution in [-0.4, -0.2) is 42.0 Å². The lowest BCUT2D eigenvalue weighted by atomic mass is 9.97. The number of rotatable bonds is 3. The monoisotopic (exact) mass is 318 g/mol. The zero-order valence-corrected chi connectivity index (χ0v) is 12.0. The van der Waals surface area contributed by atoms with Gasteiger partial charge in [-0.1, -0.05) is 0 Å². The van der Waals surface area contributed by atoms with Crippen molar-refractivity contribution in [3.63, 3.8) is 0 Å². The van der Waals surface area contributed by atoms with Crippen LogP contribution in [0.15, 0.2) is 23.0 Å². The van der Waals surface area contributed by atoms with Gasteiger partial charge in [-0.3, -0.25) is 9.59 Å². The Morgan fingerprint density at radius 1 is 1.45 bits per heavy atom. The Hall–Kier alpha value is -1.99. The standard InChI is InChI=1S/C14H17F3N2O3/c1-9(18-12(20)10-4-6-22-8-10)13(21)19-5-2-3-11(7-19)14(15,16)17/h4,6,8-9,11H,2-3,5,7H2,1H3,(H,18,20)/t9-,11-/m1/s1. The summed E-state index contributed by atoms with van der Waals surface area (Å²) in [6.45, 7) is 1.38. The third kappa shape index (κ3) is 3.80. The van der Waals surface area contributed by atoms with E-state index in [1.54, 1.807) is 0 Å². The van der Waals surface area contributed by atoms with Crippen molar-refractivity contribution in [3.8, 4) is 0 Å². The molecule has 2 atom stereocenters. The number of amides is 2. The van der Waals surface area contributed by atoms with Crippen LogP contribution in [0.4, 0.5) is 13.2 Å². The number of furan rings is 1. The Morgan fingerprint density at radius 2 is 2.18 bits per heavy atom. The molecule has 1 aliphatic rings. The Kier molecular flexibility index (Phi) is 4.77. The van der Waals surface area contributed by atoms with Gasteiger partial charge in [-0.2, -0.15) is 13.2 Å². The summed E-state index contributed by atoms with van der Waals surface area (Å²) in [5, 5.41) is 2.46. The van der Waals surface area contributed by atoms with Crippen LogP contribution in [-0.2, 0) is 4.79 Å². The van der Waals surface area contributed by atoms with E-state index in [0.717, 1.165) is 0 Å². The normalized spacial score (nSPS) is 20.5. The summed E-state index contributed by atoms with van der Waals surface area (Å²) in [6, 6.07) is 0.544. The zero-order chi connectivity index (χ0) is 16.3. The smallest absolute Gasteiger partial charge is 0.393 e. The summed E-state index contributed by atoms with van der Waals surface area (Å²) in [5.74, 6) is -2.51. The molecule has 5 nitrogen and oxygen atoms in total. The third-order valence-corrected chi connectivity index (χ3v) is 3.70. The highest BCUT2D eigenvalue weighted by atomic mass is 19.4. The van der Waals surface area contributed by atoms with E-state index in [1.165, 1.54) is 30.4 Å². The van der Waals surface area contributed by atoms with Gasteiger partial charge in [-0.05, 0) is 25.8 Å². The predicted octanol–water partition coefficient (Wildman–Crippen LogP) is 2.20. The van der Waals surface area contributed by atoms with Crippen molar-refractivity contribution in [2.24, 2.45) is 5.92 Å². The van der Waals surface area contributed by atoms with Crippen LogP contribution in [0.25, 0.3) is 0 Å². The molecule has 0 unspecified atom stereocenters. The first kappa shape index (κ1) is 16.4. The highest BCUT2D eigenvalue weighted by Crippen LogP contribution is 2.33. The van der Waals surface area contributed by atoms with E-state index < -0.39 is 30.0 Å². The van der Waals surface area contributed by atoms with Crippen LogP contribution in [0.2, 0.25) is 0 Å². The van der Waals surface area contributed by atoms with Crippen LogP contribution >= 0.6 is 0 Å². The number of nitrogens with one attached hydrogen (secondary N) is 1. The minimum Gasteiger partial charge on any atom is -0.472 e. The molecule has 1 aromatic rings. The van der Waals surface area contributed by atoms with Gasteiger partial charge < -0.3 is 14.6 Å². The maximum atomic E-state index is 12.8. The molecule has 1 fully saturated rings. The third-order valence-electron chi connectivity index (χ3n) is 3.70. The number of likely N-dealkylation sites (tertiary alicyclic amines) is 1. The molecule has 1 aliphatic heterocycles. The van der Waals surface area contributed by atoms with Crippen molar-refractivity contribution in [1.82, 2.24) is 10.2 Å². The molecule has 1 saturated heterocycles. The number of hydrogen-bond donors (Lipinski definition) is 1. The van der Waals surface area contributed by atoms with Gasteiger partial charge in [0.25, 0.3) is 5.91 Å². The van der Waals surface area contributed by atoms with Crippen LogP contribution in [0.3, 0.4) is 0 Å². The minimum absolute atomic E-state index is 0.0308. The highest BCUT2D eigenvalue weighted by molar-refractivity contribution is 5.97. The molecule has 0 radical (unpaired) electrons. The fraction of sp³-hybridized carbons (Fsp3) is 0.571. The minimum atomic E-state index is -4.30. The quantitative estimate of drug-likeness (QED) is 0.929. The Balaban J connectivity index is 1.94. The van der Waals surface area contributed by atoms with Gasteiger partial charge in [-0.15, -0.1) is 0 Å². The maximum Gasteiger partial charge on any atom is 0.393 e. The lowest BCUT2D eigenvalue weighted by Gasteiger charge is -2.35. The molecule has 1 aromatic heterocycles. The number of carbonyl (C=O) groups excluding carboxylic acids is 2. The molecule has 122 valence electrons. The van der Waals surface area contributed by atoms with E-state index in [4.69, 9.17) is 4.42 Å². The number of alkyl halides is 3. The average Bonchev–Trinajstić information content (AvgIpc) is 3.00. The first-order valence-electron chi connectivity index (χ1n) is 6.97. The average molecular weight is 318 g/mol. The van der Waals surface area contributed by atoms with Crippen molar-refractivity contribution in [1.29, 1.82) is 0 Å². The summed E-state index contributed by atoms with van der Waals surface area (Å²) in [6.07, 6.45) is -1.42. The topological polar surface area (TPSA) is 62.6 Å². The Bertz CT molecular complexity index is 528. The van der Waals surface area contributed by atoms with Crippen molar-refractivity contribution in [2.45, 2.75) is 32.0 Å². The molecule has 2 amide bonds. The van der Waals surface area contributed by atoms with Gasteiger partial charge in [0.05, 0.1) is 17.7 Å². The molecular weight excluding hydrogens is 301 g/mol. The van der Waals surface area contributed by atoms with Crippen molar-refractivity contribution in [3.05, 3.63) is 24.2 Å². The molecule has 22 heavy (non-hydrogen) atoms. The molecule has 8 heteroatoms. The fourth-order valence-corrected chi connectivity index (χ4v) is 2.45. The van der Waals surface area contributed by atoms with E-state index in [9.17, 15) is 22.8 Å². The number of hydrogen-bond acceptors (Lipinski definition) is 3. The first-order chi connectivity index (χ1) is 10.3. The second-order valence-corrected chi connectivity index (χ2v) is 5.37. The van der Waals surface area contributed by atoms with Gasteiger partial charge in [0.15, 0.2) is 0 Å². The van der Waals surface area contributed by atoms with E-state index >= 15 is 0 Å². The van der Waals surface area contributed by atoms with Crippen molar-refractivity contribution in [2.75, 3.05) is 13.1 Å². The summed E-state index contributed by atoms with van der Waals surface area (Å²) >= 11 is 0. The SMILES string of the molecule is C[C@@H](NC(=O)c1ccoc1)C(=O)N1CCC[C@@H](C(F)(F)F)C1. The summed E-state index contributed by atoms with van der Waals surface area (Å²) in [5.41, 5.74) is 0.256. The van der Waals surface area contributed by atoms with Crippen molar-refractivity contribution >= 4 is 11.8 Å². The molecule has 0 spiro atoms. The fourth-order valence-electron chi connectivity index (χ4n) is 2.45. The molecule has 0 bridgehead atoms. The molecule has 1 N–H and O–H groups in total. The molecule has 0 aliphatic carbocycles. The second-order valence-electron chi connectivity index (χ2n) is 5.37. The predicted molar refractivity (Wildman–Crippen MR) is 71.0 cm³/mol. The van der Waals surface area contributed by atoms with Gasteiger partial charge >= 0.3 is 6.18 Å². The first-order valence-corrected chi connectivity index (χ1v) is 6.97. The van der Waals surface area contributed by atoms with E-state index in [1.807, 2.05) is 0 Å². The molecule has 2 rings (SSSR count). The summed E-state index contributed by atoms with van der Waals surface area (Å²) in [4.78, 5) is 25.2.